The predicted octanol–water partition coefficient (Wildman–Crippen LogP) is 3.46. The first-order chi connectivity index (χ1) is 10.9. The van der Waals surface area contributed by atoms with Crippen LogP contribution >= 0.6 is 0 Å². The molecule has 0 aliphatic carbocycles. The highest BCUT2D eigenvalue weighted by Crippen LogP contribution is 2.15. The van der Waals surface area contributed by atoms with Crippen LogP contribution in [-0.2, 0) is 23.8 Å². The highest BCUT2D eigenvalue weighted by Gasteiger charge is 2.18. The molecule has 0 aromatic heterocycles. The van der Waals surface area contributed by atoms with E-state index in [0.717, 1.165) is 31.2 Å². The number of carbonyl (C=O) groups excluding carboxylic acids is 1. The van der Waals surface area contributed by atoms with Crippen molar-refractivity contribution in [2.75, 3.05) is 13.2 Å². The van der Waals surface area contributed by atoms with Crippen LogP contribution in [0.5, 0.6) is 0 Å². The van der Waals surface area contributed by atoms with Crippen molar-refractivity contribution in [2.24, 2.45) is 5.92 Å². The minimum Gasteiger partial charge on any atom is -0.463 e. The Labute approximate surface area is 139 Å². The topological polar surface area (TPSA) is 69.7 Å². The number of carbonyl (C=O) groups is 1. The van der Waals surface area contributed by atoms with Crippen LogP contribution in [0.1, 0.15) is 45.1 Å². The molecule has 1 unspecified atom stereocenters. The van der Waals surface area contributed by atoms with Gasteiger partial charge in [-0.15, -0.1) is 0 Å². The molecule has 1 aromatic carbocycles. The van der Waals surface area contributed by atoms with E-state index >= 15 is 0 Å². The molecule has 1 aromatic rings. The number of esters is 1. The minimum atomic E-state index is -3.81. The molecule has 1 atom stereocenters. The number of benzene rings is 1. The van der Waals surface area contributed by atoms with Gasteiger partial charge in [0.2, 0.25) is 0 Å². The fraction of sp³-hybridized carbons (Fsp3) is 0.588. The molecule has 0 saturated carbocycles. The van der Waals surface area contributed by atoms with Crippen LogP contribution in [0.4, 0.5) is 0 Å². The van der Waals surface area contributed by atoms with Gasteiger partial charge in [0.1, 0.15) is 13.2 Å². The molecule has 0 heterocycles. The number of unbranched alkanes of at least 4 members (excludes halogenated alkanes) is 1. The van der Waals surface area contributed by atoms with Gasteiger partial charge in [-0.05, 0) is 31.9 Å². The number of aryl methyl sites for hydroxylation is 1. The number of hydrogen-bond acceptors (Lipinski definition) is 5. The standard InChI is InChI=1S/C17H26O5S/c1-4-6-7-15(5-2)17(18)21-12-13-22-23(19,20)16-10-8-14(3)9-11-16/h8-11,15H,4-7,12-13H2,1-3H3. The first-order valence-electron chi connectivity index (χ1n) is 8.03. The Morgan fingerprint density at radius 3 is 2.35 bits per heavy atom. The summed E-state index contributed by atoms with van der Waals surface area (Å²) in [4.78, 5) is 12.0. The van der Waals surface area contributed by atoms with Crippen molar-refractivity contribution in [1.82, 2.24) is 0 Å². The third-order valence-corrected chi connectivity index (χ3v) is 4.93. The fourth-order valence-electron chi connectivity index (χ4n) is 2.12. The zero-order chi connectivity index (χ0) is 17.3. The second-order valence-corrected chi connectivity index (χ2v) is 7.12. The lowest BCUT2D eigenvalue weighted by Gasteiger charge is -2.13. The summed E-state index contributed by atoms with van der Waals surface area (Å²) in [5.41, 5.74) is 0.968. The van der Waals surface area contributed by atoms with Crippen LogP contribution in [0.3, 0.4) is 0 Å². The van der Waals surface area contributed by atoms with Crippen LogP contribution in [0.25, 0.3) is 0 Å². The largest absolute Gasteiger partial charge is 0.463 e. The molecule has 0 N–H and O–H groups in total. The molecule has 130 valence electrons. The van der Waals surface area contributed by atoms with Gasteiger partial charge in [-0.25, -0.2) is 0 Å². The molecule has 5 nitrogen and oxygen atoms in total. The third-order valence-electron chi connectivity index (χ3n) is 3.61. The predicted molar refractivity (Wildman–Crippen MR) is 88.6 cm³/mol. The zero-order valence-electron chi connectivity index (χ0n) is 14.1. The van der Waals surface area contributed by atoms with E-state index in [4.69, 9.17) is 8.92 Å². The van der Waals surface area contributed by atoms with Gasteiger partial charge in [-0.3, -0.25) is 8.98 Å². The second-order valence-electron chi connectivity index (χ2n) is 5.50. The average molecular weight is 342 g/mol. The molecule has 0 spiro atoms. The highest BCUT2D eigenvalue weighted by atomic mass is 32.2. The Morgan fingerprint density at radius 2 is 1.78 bits per heavy atom. The van der Waals surface area contributed by atoms with Gasteiger partial charge in [0.05, 0.1) is 10.8 Å². The van der Waals surface area contributed by atoms with E-state index in [9.17, 15) is 13.2 Å². The van der Waals surface area contributed by atoms with E-state index in [0.29, 0.717) is 0 Å². The molecule has 0 radical (unpaired) electrons. The lowest BCUT2D eigenvalue weighted by atomic mass is 10.00. The molecule has 6 heteroatoms. The summed E-state index contributed by atoms with van der Waals surface area (Å²) >= 11 is 0. The molecule has 23 heavy (non-hydrogen) atoms. The summed E-state index contributed by atoms with van der Waals surface area (Å²) in [5.74, 6) is -0.402. The summed E-state index contributed by atoms with van der Waals surface area (Å²) in [7, 11) is -3.81. The van der Waals surface area contributed by atoms with Crippen molar-refractivity contribution in [2.45, 2.75) is 51.3 Å². The summed E-state index contributed by atoms with van der Waals surface area (Å²) in [6.07, 6.45) is 3.53. The SMILES string of the molecule is CCCCC(CC)C(=O)OCCOS(=O)(=O)c1ccc(C)cc1. The number of hydrogen-bond donors (Lipinski definition) is 0. The van der Waals surface area contributed by atoms with Crippen molar-refractivity contribution in [1.29, 1.82) is 0 Å². The van der Waals surface area contributed by atoms with Crippen molar-refractivity contribution < 1.29 is 22.1 Å². The van der Waals surface area contributed by atoms with Crippen LogP contribution < -0.4 is 0 Å². The first kappa shape index (κ1) is 19.6. The maximum absolute atomic E-state index is 12.0. The molecule has 0 amide bonds. The summed E-state index contributed by atoms with van der Waals surface area (Å²) in [6, 6.07) is 6.40. The van der Waals surface area contributed by atoms with Crippen molar-refractivity contribution in [3.8, 4) is 0 Å². The molecule has 0 fully saturated rings. The first-order valence-corrected chi connectivity index (χ1v) is 9.44. The summed E-state index contributed by atoms with van der Waals surface area (Å²) < 4.78 is 33.9. The van der Waals surface area contributed by atoms with Gasteiger partial charge in [-0.2, -0.15) is 8.42 Å². The normalized spacial score (nSPS) is 12.8. The molecule has 0 saturated heterocycles. The number of rotatable bonds is 10. The number of ether oxygens (including phenoxy) is 1. The molecule has 0 aliphatic rings. The quantitative estimate of drug-likeness (QED) is 0.370. The lowest BCUT2D eigenvalue weighted by molar-refractivity contribution is -0.149. The van der Waals surface area contributed by atoms with E-state index in [1.54, 1.807) is 12.1 Å². The molecular weight excluding hydrogens is 316 g/mol. The highest BCUT2D eigenvalue weighted by molar-refractivity contribution is 7.86. The van der Waals surface area contributed by atoms with Crippen LogP contribution in [0.2, 0.25) is 0 Å². The van der Waals surface area contributed by atoms with Gasteiger partial charge in [0, 0.05) is 0 Å². The van der Waals surface area contributed by atoms with Crippen molar-refractivity contribution >= 4 is 16.1 Å². The van der Waals surface area contributed by atoms with Crippen LogP contribution in [0.15, 0.2) is 29.2 Å². The monoisotopic (exact) mass is 342 g/mol. The van der Waals surface area contributed by atoms with Crippen molar-refractivity contribution in [3.05, 3.63) is 29.8 Å². The second kappa shape index (κ2) is 9.67. The Balaban J connectivity index is 2.41. The Hall–Kier alpha value is -1.40. The molecule has 0 bridgehead atoms. The van der Waals surface area contributed by atoms with Crippen LogP contribution in [-0.4, -0.2) is 27.6 Å². The van der Waals surface area contributed by atoms with E-state index in [1.165, 1.54) is 12.1 Å². The van der Waals surface area contributed by atoms with Gasteiger partial charge >= 0.3 is 5.97 Å². The maximum atomic E-state index is 12.0. The Bertz CT molecular complexity index is 578. The van der Waals surface area contributed by atoms with Crippen molar-refractivity contribution in [3.63, 3.8) is 0 Å². The van der Waals surface area contributed by atoms with Gasteiger partial charge in [-0.1, -0.05) is 44.4 Å². The van der Waals surface area contributed by atoms with E-state index < -0.39 is 10.1 Å². The Morgan fingerprint density at radius 1 is 1.13 bits per heavy atom. The average Bonchev–Trinajstić information content (AvgIpc) is 2.52. The summed E-state index contributed by atoms with van der Waals surface area (Å²) in [6.45, 7) is 5.65. The Kier molecular flexibility index (Phi) is 8.26. The smallest absolute Gasteiger partial charge is 0.308 e. The van der Waals surface area contributed by atoms with Gasteiger partial charge < -0.3 is 4.74 Å². The van der Waals surface area contributed by atoms with Gasteiger partial charge in [0.15, 0.2) is 0 Å². The van der Waals surface area contributed by atoms with Gasteiger partial charge in [0.25, 0.3) is 10.1 Å². The lowest BCUT2D eigenvalue weighted by Crippen LogP contribution is -2.20. The summed E-state index contributed by atoms with van der Waals surface area (Å²) in [5, 5.41) is 0. The van der Waals surface area contributed by atoms with E-state index in [-0.39, 0.29) is 30.0 Å². The zero-order valence-corrected chi connectivity index (χ0v) is 14.9. The third kappa shape index (κ3) is 6.71. The van der Waals surface area contributed by atoms with E-state index in [2.05, 4.69) is 6.92 Å². The molecular formula is C17H26O5S. The molecule has 0 aliphatic heterocycles. The fourth-order valence-corrected chi connectivity index (χ4v) is 3.01. The van der Waals surface area contributed by atoms with Crippen LogP contribution in [0, 0.1) is 12.8 Å². The minimum absolute atomic E-state index is 0.0629. The molecule has 1 rings (SSSR count). The van der Waals surface area contributed by atoms with E-state index in [1.807, 2.05) is 13.8 Å². The maximum Gasteiger partial charge on any atom is 0.308 e.